The van der Waals surface area contributed by atoms with E-state index in [1.807, 2.05) is 0 Å². The molecule has 9 heteroatoms. The monoisotopic (exact) mass is 320 g/mol. The lowest BCUT2D eigenvalue weighted by Gasteiger charge is -2.06. The number of amides is 2. The highest BCUT2D eigenvalue weighted by Crippen LogP contribution is 2.20. The van der Waals surface area contributed by atoms with Gasteiger partial charge in [-0.1, -0.05) is 0 Å². The molecule has 0 unspecified atom stereocenters. The number of carbonyl (C=O) groups excluding carboxylic acids is 2. The predicted octanol–water partition coefficient (Wildman–Crippen LogP) is 1.48. The van der Waals surface area contributed by atoms with Gasteiger partial charge in [0.05, 0.1) is 10.7 Å². The van der Waals surface area contributed by atoms with Crippen LogP contribution in [0.4, 0.5) is 5.69 Å². The van der Waals surface area contributed by atoms with Crippen molar-refractivity contribution >= 4 is 29.3 Å². The maximum atomic E-state index is 11.6. The van der Waals surface area contributed by atoms with E-state index in [-0.39, 0.29) is 17.3 Å². The zero-order valence-corrected chi connectivity index (χ0v) is 12.1. The summed E-state index contributed by atoms with van der Waals surface area (Å²) in [6.45, 7) is 0. The van der Waals surface area contributed by atoms with Gasteiger partial charge >= 0.3 is 0 Å². The highest BCUT2D eigenvalue weighted by molar-refractivity contribution is 8.00. The number of nitrogens with zero attached hydrogens (tertiary/aromatic N) is 1. The number of non-ortho nitro benzene ring substituents is 1. The van der Waals surface area contributed by atoms with E-state index in [4.69, 9.17) is 0 Å². The predicted molar refractivity (Wildman–Crippen MR) is 80.2 cm³/mol. The molecule has 2 aromatic rings. The van der Waals surface area contributed by atoms with Crippen molar-refractivity contribution in [2.75, 3.05) is 5.75 Å². The molecule has 0 saturated carbocycles. The van der Waals surface area contributed by atoms with E-state index >= 15 is 0 Å². The van der Waals surface area contributed by atoms with Gasteiger partial charge in [-0.15, -0.1) is 11.8 Å². The van der Waals surface area contributed by atoms with Crippen molar-refractivity contribution < 1.29 is 14.5 Å². The largest absolute Gasteiger partial charge is 0.357 e. The maximum absolute atomic E-state index is 11.6. The van der Waals surface area contributed by atoms with E-state index in [1.165, 1.54) is 23.9 Å². The molecular formula is C13H12N4O4S. The Kier molecular flexibility index (Phi) is 5.15. The number of H-pyrrole nitrogens is 1. The number of aromatic amines is 1. The third-order valence-electron chi connectivity index (χ3n) is 2.58. The molecule has 3 N–H and O–H groups in total. The second kappa shape index (κ2) is 7.27. The fourth-order valence-electron chi connectivity index (χ4n) is 1.51. The molecule has 0 atom stereocenters. The van der Waals surface area contributed by atoms with Crippen LogP contribution in [0, 0.1) is 10.1 Å². The molecule has 0 radical (unpaired) electrons. The fourth-order valence-corrected chi connectivity index (χ4v) is 2.21. The van der Waals surface area contributed by atoms with Gasteiger partial charge in [0, 0.05) is 23.2 Å². The van der Waals surface area contributed by atoms with Crippen molar-refractivity contribution in [2.45, 2.75) is 4.90 Å². The Hall–Kier alpha value is -2.81. The number of hydrogen-bond acceptors (Lipinski definition) is 5. The number of carbonyl (C=O) groups is 2. The number of thioether (sulfide) groups is 1. The molecular weight excluding hydrogens is 308 g/mol. The molecule has 0 aliphatic rings. The zero-order chi connectivity index (χ0) is 15.9. The minimum Gasteiger partial charge on any atom is -0.357 e. The SMILES string of the molecule is O=C(CSc1ccc([N+](=O)[O-])cc1)NNC(=O)c1ccc[nH]1. The Bertz CT molecular complexity index is 670. The van der Waals surface area contributed by atoms with Crippen molar-refractivity contribution in [3.05, 3.63) is 58.4 Å². The Labute approximate surface area is 129 Å². The van der Waals surface area contributed by atoms with Gasteiger partial charge in [-0.25, -0.2) is 0 Å². The zero-order valence-electron chi connectivity index (χ0n) is 11.2. The number of nitrogens with one attached hydrogen (secondary N) is 3. The van der Waals surface area contributed by atoms with Crippen LogP contribution in [-0.2, 0) is 4.79 Å². The lowest BCUT2D eigenvalue weighted by molar-refractivity contribution is -0.384. The van der Waals surface area contributed by atoms with E-state index in [9.17, 15) is 19.7 Å². The molecule has 2 amide bonds. The van der Waals surface area contributed by atoms with Crippen molar-refractivity contribution in [3.8, 4) is 0 Å². The standard InChI is InChI=1S/C13H12N4O4S/c18-12(15-16-13(19)11-2-1-7-14-11)8-22-10-5-3-9(4-6-10)17(20)21/h1-7,14H,8H2,(H,15,18)(H,16,19). The van der Waals surface area contributed by atoms with Crippen LogP contribution in [0.15, 0.2) is 47.5 Å². The molecule has 8 nitrogen and oxygen atoms in total. The van der Waals surface area contributed by atoms with Crippen LogP contribution in [0.3, 0.4) is 0 Å². The van der Waals surface area contributed by atoms with Crippen LogP contribution < -0.4 is 10.9 Å². The Morgan fingerprint density at radius 3 is 2.50 bits per heavy atom. The van der Waals surface area contributed by atoms with Crippen LogP contribution in [0.2, 0.25) is 0 Å². The number of benzene rings is 1. The average Bonchev–Trinajstić information content (AvgIpc) is 3.05. The first-order valence-corrected chi connectivity index (χ1v) is 7.14. The third kappa shape index (κ3) is 4.35. The van der Waals surface area contributed by atoms with Crippen LogP contribution in [0.5, 0.6) is 0 Å². The quantitative estimate of drug-likeness (QED) is 0.438. The van der Waals surface area contributed by atoms with Gasteiger partial charge in [-0.2, -0.15) is 0 Å². The molecule has 1 aromatic carbocycles. The fraction of sp³-hybridized carbons (Fsp3) is 0.0769. The number of nitro benzene ring substituents is 1. The number of hydrogen-bond donors (Lipinski definition) is 3. The first-order valence-electron chi connectivity index (χ1n) is 6.16. The summed E-state index contributed by atoms with van der Waals surface area (Å²) in [7, 11) is 0. The molecule has 1 heterocycles. The Balaban J connectivity index is 1.75. The average molecular weight is 320 g/mol. The summed E-state index contributed by atoms with van der Waals surface area (Å²) >= 11 is 1.20. The highest BCUT2D eigenvalue weighted by Gasteiger charge is 2.09. The first-order chi connectivity index (χ1) is 10.6. The molecule has 0 spiro atoms. The summed E-state index contributed by atoms with van der Waals surface area (Å²) < 4.78 is 0. The summed E-state index contributed by atoms with van der Waals surface area (Å²) in [5.74, 6) is -0.759. The van der Waals surface area contributed by atoms with E-state index < -0.39 is 10.8 Å². The van der Waals surface area contributed by atoms with E-state index in [0.717, 1.165) is 4.90 Å². The lowest BCUT2D eigenvalue weighted by Crippen LogP contribution is -2.42. The number of nitro groups is 1. The summed E-state index contributed by atoms with van der Waals surface area (Å²) in [4.78, 5) is 36.6. The van der Waals surface area contributed by atoms with Crippen LogP contribution in [-0.4, -0.2) is 27.5 Å². The molecule has 0 saturated heterocycles. The molecule has 114 valence electrons. The van der Waals surface area contributed by atoms with Crippen molar-refractivity contribution in [1.82, 2.24) is 15.8 Å². The Morgan fingerprint density at radius 1 is 1.18 bits per heavy atom. The van der Waals surface area contributed by atoms with Crippen LogP contribution >= 0.6 is 11.8 Å². The van der Waals surface area contributed by atoms with Crippen LogP contribution in [0.25, 0.3) is 0 Å². The van der Waals surface area contributed by atoms with E-state index in [0.29, 0.717) is 5.69 Å². The summed E-state index contributed by atoms with van der Waals surface area (Å²) in [6.07, 6.45) is 1.60. The molecule has 0 aliphatic carbocycles. The number of aromatic nitrogens is 1. The second-order valence-corrected chi connectivity index (χ2v) is 5.17. The van der Waals surface area contributed by atoms with Gasteiger partial charge in [-0.05, 0) is 24.3 Å². The van der Waals surface area contributed by atoms with Crippen molar-refractivity contribution in [3.63, 3.8) is 0 Å². The summed E-state index contributed by atoms with van der Waals surface area (Å²) in [5, 5.41) is 10.5. The van der Waals surface area contributed by atoms with E-state index in [1.54, 1.807) is 30.5 Å². The van der Waals surface area contributed by atoms with E-state index in [2.05, 4.69) is 15.8 Å². The molecule has 1 aromatic heterocycles. The minimum atomic E-state index is -0.489. The van der Waals surface area contributed by atoms with Gasteiger partial charge < -0.3 is 4.98 Å². The second-order valence-electron chi connectivity index (χ2n) is 4.13. The summed E-state index contributed by atoms with van der Waals surface area (Å²) in [6, 6.07) is 9.11. The van der Waals surface area contributed by atoms with Gasteiger partial charge in [0.15, 0.2) is 0 Å². The molecule has 0 bridgehead atoms. The third-order valence-corrected chi connectivity index (χ3v) is 3.59. The number of rotatable bonds is 5. The van der Waals surface area contributed by atoms with Gasteiger partial charge in [0.2, 0.25) is 5.91 Å². The maximum Gasteiger partial charge on any atom is 0.286 e. The number of hydrazine groups is 1. The highest BCUT2D eigenvalue weighted by atomic mass is 32.2. The summed E-state index contributed by atoms with van der Waals surface area (Å²) in [5.41, 5.74) is 4.88. The van der Waals surface area contributed by atoms with Gasteiger partial charge in [0.1, 0.15) is 5.69 Å². The molecule has 2 rings (SSSR count). The lowest BCUT2D eigenvalue weighted by atomic mass is 10.3. The van der Waals surface area contributed by atoms with Crippen molar-refractivity contribution in [2.24, 2.45) is 0 Å². The normalized spacial score (nSPS) is 10.0. The smallest absolute Gasteiger partial charge is 0.286 e. The van der Waals surface area contributed by atoms with Gasteiger partial charge in [0.25, 0.3) is 11.6 Å². The topological polar surface area (TPSA) is 117 Å². The van der Waals surface area contributed by atoms with Gasteiger partial charge in [-0.3, -0.25) is 30.6 Å². The first kappa shape index (κ1) is 15.6. The molecule has 22 heavy (non-hydrogen) atoms. The van der Waals surface area contributed by atoms with Crippen molar-refractivity contribution in [1.29, 1.82) is 0 Å². The minimum absolute atomic E-state index is 0.00740. The Morgan fingerprint density at radius 2 is 1.91 bits per heavy atom. The van der Waals surface area contributed by atoms with Crippen LogP contribution in [0.1, 0.15) is 10.5 Å². The molecule has 0 aliphatic heterocycles. The molecule has 0 fully saturated rings.